The highest BCUT2D eigenvalue weighted by molar-refractivity contribution is 6.04. The lowest BCUT2D eigenvalue weighted by atomic mass is 10.1. The van der Waals surface area contributed by atoms with Crippen LogP contribution >= 0.6 is 0 Å². The molecule has 0 bridgehead atoms. The third kappa shape index (κ3) is 2.52. The third-order valence-corrected chi connectivity index (χ3v) is 3.51. The zero-order valence-electron chi connectivity index (χ0n) is 11.5. The predicted molar refractivity (Wildman–Crippen MR) is 74.3 cm³/mol. The fraction of sp³-hybridized carbons (Fsp3) is 0.267. The molecule has 0 radical (unpaired) electrons. The SMILES string of the molecule is COC(=O)c1ccc(C(=O)Nc2onc3c2CCC3)cc1. The van der Waals surface area contributed by atoms with Crippen LogP contribution in [0.15, 0.2) is 28.8 Å². The maximum absolute atomic E-state index is 12.1. The number of aryl methyl sites for hydroxylation is 1. The summed E-state index contributed by atoms with van der Waals surface area (Å²) >= 11 is 0. The molecule has 1 aliphatic carbocycles. The van der Waals surface area contributed by atoms with Crippen LogP contribution in [0.5, 0.6) is 0 Å². The molecule has 0 saturated carbocycles. The Labute approximate surface area is 121 Å². The Balaban J connectivity index is 1.74. The van der Waals surface area contributed by atoms with Crippen LogP contribution in [-0.4, -0.2) is 24.1 Å². The topological polar surface area (TPSA) is 81.4 Å². The van der Waals surface area contributed by atoms with Crippen LogP contribution in [0.1, 0.15) is 38.4 Å². The molecule has 0 atom stereocenters. The minimum Gasteiger partial charge on any atom is -0.465 e. The van der Waals surface area contributed by atoms with Crippen molar-refractivity contribution in [3.63, 3.8) is 0 Å². The van der Waals surface area contributed by atoms with E-state index in [0.29, 0.717) is 17.0 Å². The van der Waals surface area contributed by atoms with E-state index in [1.807, 2.05) is 0 Å². The molecule has 6 nitrogen and oxygen atoms in total. The molecule has 108 valence electrons. The van der Waals surface area contributed by atoms with Gasteiger partial charge in [0.05, 0.1) is 18.4 Å². The summed E-state index contributed by atoms with van der Waals surface area (Å²) in [5, 5.41) is 6.66. The van der Waals surface area contributed by atoms with Crippen molar-refractivity contribution in [3.8, 4) is 0 Å². The van der Waals surface area contributed by atoms with Crippen LogP contribution in [0.25, 0.3) is 0 Å². The summed E-state index contributed by atoms with van der Waals surface area (Å²) in [6.45, 7) is 0. The second-order valence-corrected chi connectivity index (χ2v) is 4.81. The molecule has 1 heterocycles. The molecule has 21 heavy (non-hydrogen) atoms. The number of fused-ring (bicyclic) bond motifs is 1. The summed E-state index contributed by atoms with van der Waals surface area (Å²) in [5.41, 5.74) is 2.74. The zero-order valence-corrected chi connectivity index (χ0v) is 11.5. The highest BCUT2D eigenvalue weighted by Gasteiger charge is 2.22. The van der Waals surface area contributed by atoms with Gasteiger partial charge < -0.3 is 9.26 Å². The van der Waals surface area contributed by atoms with E-state index in [0.717, 1.165) is 30.5 Å². The zero-order chi connectivity index (χ0) is 14.8. The van der Waals surface area contributed by atoms with E-state index in [1.54, 1.807) is 24.3 Å². The van der Waals surface area contributed by atoms with Crippen molar-refractivity contribution in [2.75, 3.05) is 12.4 Å². The van der Waals surface area contributed by atoms with Gasteiger partial charge in [0.25, 0.3) is 5.91 Å². The van der Waals surface area contributed by atoms with Gasteiger partial charge in [-0.25, -0.2) is 4.79 Å². The van der Waals surface area contributed by atoms with Gasteiger partial charge in [-0.1, -0.05) is 5.16 Å². The Morgan fingerprint density at radius 3 is 2.62 bits per heavy atom. The lowest BCUT2D eigenvalue weighted by Crippen LogP contribution is -2.12. The molecule has 1 aromatic heterocycles. The van der Waals surface area contributed by atoms with Crippen molar-refractivity contribution in [2.24, 2.45) is 0 Å². The standard InChI is InChI=1S/C15H14N2O4/c1-20-15(19)10-7-5-9(6-8-10)13(18)16-14-11-3-2-4-12(11)17-21-14/h5-8H,2-4H2,1H3,(H,16,18). The Hall–Kier alpha value is -2.63. The van der Waals surface area contributed by atoms with Crippen molar-refractivity contribution in [1.29, 1.82) is 0 Å². The smallest absolute Gasteiger partial charge is 0.337 e. The van der Waals surface area contributed by atoms with E-state index in [-0.39, 0.29) is 5.91 Å². The number of ether oxygens (including phenoxy) is 1. The minimum atomic E-state index is -0.435. The van der Waals surface area contributed by atoms with Gasteiger partial charge in [-0.15, -0.1) is 0 Å². The minimum absolute atomic E-state index is 0.294. The van der Waals surface area contributed by atoms with Gasteiger partial charge in [-0.2, -0.15) is 0 Å². The molecule has 6 heteroatoms. The molecule has 1 N–H and O–H groups in total. The molecule has 2 aromatic rings. The number of methoxy groups -OCH3 is 1. The van der Waals surface area contributed by atoms with Gasteiger partial charge in [-0.05, 0) is 43.5 Å². The first-order valence-electron chi connectivity index (χ1n) is 6.66. The molecule has 1 aromatic carbocycles. The second-order valence-electron chi connectivity index (χ2n) is 4.81. The van der Waals surface area contributed by atoms with Gasteiger partial charge in [0.1, 0.15) is 0 Å². The Morgan fingerprint density at radius 1 is 1.19 bits per heavy atom. The van der Waals surface area contributed by atoms with Gasteiger partial charge >= 0.3 is 5.97 Å². The predicted octanol–water partition coefficient (Wildman–Crippen LogP) is 2.20. The van der Waals surface area contributed by atoms with Crippen molar-refractivity contribution in [2.45, 2.75) is 19.3 Å². The lowest BCUT2D eigenvalue weighted by molar-refractivity contribution is 0.0600. The number of hydrogen-bond donors (Lipinski definition) is 1. The van der Waals surface area contributed by atoms with E-state index >= 15 is 0 Å². The molecule has 0 spiro atoms. The first-order valence-corrected chi connectivity index (χ1v) is 6.66. The lowest BCUT2D eigenvalue weighted by Gasteiger charge is -2.04. The van der Waals surface area contributed by atoms with Crippen molar-refractivity contribution >= 4 is 17.8 Å². The molecular weight excluding hydrogens is 272 g/mol. The molecule has 1 amide bonds. The molecule has 1 aliphatic rings. The highest BCUT2D eigenvalue weighted by Crippen LogP contribution is 2.28. The highest BCUT2D eigenvalue weighted by atomic mass is 16.5. The molecule has 0 aliphatic heterocycles. The maximum atomic E-state index is 12.1. The number of hydrogen-bond acceptors (Lipinski definition) is 5. The number of amides is 1. The van der Waals surface area contributed by atoms with Gasteiger partial charge in [0.2, 0.25) is 5.88 Å². The monoisotopic (exact) mass is 286 g/mol. The summed E-state index contributed by atoms with van der Waals surface area (Å²) in [6, 6.07) is 6.23. The number of rotatable bonds is 3. The number of benzene rings is 1. The molecule has 3 rings (SSSR count). The van der Waals surface area contributed by atoms with Gasteiger partial charge in [-0.3, -0.25) is 10.1 Å². The van der Waals surface area contributed by atoms with E-state index in [1.165, 1.54) is 7.11 Å². The third-order valence-electron chi connectivity index (χ3n) is 3.51. The van der Waals surface area contributed by atoms with Crippen LogP contribution in [0.2, 0.25) is 0 Å². The normalized spacial score (nSPS) is 12.8. The van der Waals surface area contributed by atoms with Crippen molar-refractivity contribution in [1.82, 2.24) is 5.16 Å². The number of carbonyl (C=O) groups is 2. The van der Waals surface area contributed by atoms with Crippen molar-refractivity contribution < 1.29 is 18.8 Å². The second kappa shape index (κ2) is 5.40. The Kier molecular flexibility index (Phi) is 3.43. The van der Waals surface area contributed by atoms with Crippen molar-refractivity contribution in [3.05, 3.63) is 46.6 Å². The van der Waals surface area contributed by atoms with E-state index in [9.17, 15) is 9.59 Å². The van der Waals surface area contributed by atoms with E-state index < -0.39 is 5.97 Å². The fourth-order valence-corrected chi connectivity index (χ4v) is 2.38. The van der Waals surface area contributed by atoms with Crippen LogP contribution < -0.4 is 5.32 Å². The number of nitrogens with one attached hydrogen (secondary N) is 1. The van der Waals surface area contributed by atoms with Crippen LogP contribution in [0.3, 0.4) is 0 Å². The summed E-state index contributed by atoms with van der Waals surface area (Å²) in [7, 11) is 1.31. The molecule has 0 saturated heterocycles. The van der Waals surface area contributed by atoms with E-state index in [4.69, 9.17) is 4.52 Å². The van der Waals surface area contributed by atoms with Crippen LogP contribution in [-0.2, 0) is 17.6 Å². The first kappa shape index (κ1) is 13.4. The van der Waals surface area contributed by atoms with E-state index in [2.05, 4.69) is 15.2 Å². The molecule has 0 fully saturated rings. The number of esters is 1. The Bertz CT molecular complexity index is 688. The van der Waals surface area contributed by atoms with Crippen LogP contribution in [0, 0.1) is 0 Å². The number of carbonyl (C=O) groups excluding carboxylic acids is 2. The maximum Gasteiger partial charge on any atom is 0.337 e. The average Bonchev–Trinajstić information content (AvgIpc) is 3.11. The van der Waals surface area contributed by atoms with Gasteiger partial charge in [0, 0.05) is 11.1 Å². The fourth-order valence-electron chi connectivity index (χ4n) is 2.38. The average molecular weight is 286 g/mol. The largest absolute Gasteiger partial charge is 0.465 e. The summed E-state index contributed by atoms with van der Waals surface area (Å²) in [5.74, 6) is -0.308. The molecule has 0 unspecified atom stereocenters. The quantitative estimate of drug-likeness (QED) is 0.875. The summed E-state index contributed by atoms with van der Waals surface area (Å²) in [4.78, 5) is 23.5. The number of anilines is 1. The number of aromatic nitrogens is 1. The van der Waals surface area contributed by atoms with Gasteiger partial charge in [0.15, 0.2) is 0 Å². The summed E-state index contributed by atoms with van der Waals surface area (Å²) in [6.07, 6.45) is 2.79. The number of nitrogens with zero attached hydrogens (tertiary/aromatic N) is 1. The Morgan fingerprint density at radius 2 is 1.90 bits per heavy atom. The summed E-state index contributed by atoms with van der Waals surface area (Å²) < 4.78 is 9.76. The molecular formula is C15H14N2O4. The van der Waals surface area contributed by atoms with Crippen LogP contribution in [0.4, 0.5) is 5.88 Å². The first-order chi connectivity index (χ1) is 10.2.